The van der Waals surface area contributed by atoms with E-state index in [9.17, 15) is 0 Å². The third kappa shape index (κ3) is 10.5. The maximum Gasteiger partial charge on any atom is -0.0354 e. The van der Waals surface area contributed by atoms with Gasteiger partial charge in [0.05, 0.1) is 0 Å². The molecule has 0 nitrogen and oxygen atoms in total. The van der Waals surface area contributed by atoms with Crippen molar-refractivity contribution in [1.29, 1.82) is 0 Å². The van der Waals surface area contributed by atoms with Gasteiger partial charge in [0.25, 0.3) is 0 Å². The van der Waals surface area contributed by atoms with E-state index in [1.165, 1.54) is 64.2 Å². The van der Waals surface area contributed by atoms with E-state index in [1.807, 2.05) is 0 Å². The summed E-state index contributed by atoms with van der Waals surface area (Å²) < 4.78 is 0. The average molecular weight is 225 g/mol. The third-order valence-electron chi connectivity index (χ3n) is 3.63. The second kappa shape index (κ2) is 10.2. The first-order valence-electron chi connectivity index (χ1n) is 7.41. The monoisotopic (exact) mass is 225 g/mol. The fraction of sp³-hybridized carbons (Fsp3) is 0.938. The molecule has 0 unspecified atom stereocenters. The Morgan fingerprint density at radius 2 is 1.19 bits per heavy atom. The molecule has 0 atom stereocenters. The van der Waals surface area contributed by atoms with E-state index in [0.29, 0.717) is 5.41 Å². The predicted octanol–water partition coefficient (Wildman–Crippen LogP) is 6.16. The quantitative estimate of drug-likeness (QED) is 0.369. The fourth-order valence-electron chi connectivity index (χ4n) is 2.04. The molecule has 0 amide bonds. The Bertz CT molecular complexity index is 135. The molecule has 0 rings (SSSR count). The molecule has 0 aromatic heterocycles. The fourth-order valence-corrected chi connectivity index (χ4v) is 2.04. The molecule has 0 spiro atoms. The molecule has 0 N–H and O–H groups in total. The van der Waals surface area contributed by atoms with Crippen molar-refractivity contribution in [3.05, 3.63) is 6.92 Å². The maximum atomic E-state index is 4.01. The van der Waals surface area contributed by atoms with Gasteiger partial charge < -0.3 is 0 Å². The van der Waals surface area contributed by atoms with E-state index >= 15 is 0 Å². The van der Waals surface area contributed by atoms with Gasteiger partial charge in [0.1, 0.15) is 0 Å². The Hall–Kier alpha value is 0. The lowest BCUT2D eigenvalue weighted by atomic mass is 9.84. The van der Waals surface area contributed by atoms with E-state index in [-0.39, 0.29) is 0 Å². The van der Waals surface area contributed by atoms with E-state index in [2.05, 4.69) is 27.7 Å². The van der Waals surface area contributed by atoms with Gasteiger partial charge in [-0.1, -0.05) is 85.5 Å². The molecule has 0 aromatic carbocycles. The first-order valence-corrected chi connectivity index (χ1v) is 7.41. The van der Waals surface area contributed by atoms with E-state index in [0.717, 1.165) is 6.42 Å². The highest BCUT2D eigenvalue weighted by molar-refractivity contribution is 4.69. The molecular weight excluding hydrogens is 192 g/mol. The van der Waals surface area contributed by atoms with Crippen LogP contribution in [0.15, 0.2) is 0 Å². The van der Waals surface area contributed by atoms with E-state index in [1.54, 1.807) is 0 Å². The van der Waals surface area contributed by atoms with E-state index in [4.69, 9.17) is 0 Å². The highest BCUT2D eigenvalue weighted by atomic mass is 14.2. The van der Waals surface area contributed by atoms with E-state index < -0.39 is 0 Å². The van der Waals surface area contributed by atoms with Crippen molar-refractivity contribution in [2.75, 3.05) is 0 Å². The third-order valence-corrected chi connectivity index (χ3v) is 3.63. The summed E-state index contributed by atoms with van der Waals surface area (Å²) in [6.45, 7) is 11.0. The molecule has 0 aliphatic rings. The molecule has 0 heterocycles. The summed E-state index contributed by atoms with van der Waals surface area (Å²) in [5, 5.41) is 0. The minimum absolute atomic E-state index is 0.473. The minimum atomic E-state index is 0.473. The van der Waals surface area contributed by atoms with Crippen LogP contribution in [0.4, 0.5) is 0 Å². The van der Waals surface area contributed by atoms with Crippen LogP contribution in [0.5, 0.6) is 0 Å². The molecule has 0 aromatic rings. The summed E-state index contributed by atoms with van der Waals surface area (Å²) in [7, 11) is 0. The van der Waals surface area contributed by atoms with Gasteiger partial charge in [0, 0.05) is 0 Å². The molecule has 0 saturated carbocycles. The molecule has 0 aliphatic heterocycles. The molecule has 0 bridgehead atoms. The van der Waals surface area contributed by atoms with Gasteiger partial charge in [-0.3, -0.25) is 0 Å². The molecule has 0 heteroatoms. The lowest BCUT2D eigenvalue weighted by Crippen LogP contribution is -2.08. The van der Waals surface area contributed by atoms with Crippen LogP contribution in [0, 0.1) is 12.3 Å². The Balaban J connectivity index is 3.10. The number of unbranched alkanes of at least 4 members (excludes halogenated alkanes) is 8. The summed E-state index contributed by atoms with van der Waals surface area (Å²) in [5.41, 5.74) is 0.473. The molecule has 97 valence electrons. The maximum absolute atomic E-state index is 4.01. The highest BCUT2D eigenvalue weighted by Crippen LogP contribution is 2.27. The smallest absolute Gasteiger partial charge is 0.0354 e. The van der Waals surface area contributed by atoms with Crippen molar-refractivity contribution in [1.82, 2.24) is 0 Å². The largest absolute Gasteiger partial charge is 0.0654 e. The van der Waals surface area contributed by atoms with Gasteiger partial charge >= 0.3 is 0 Å². The normalized spacial score (nSPS) is 12.0. The van der Waals surface area contributed by atoms with Crippen molar-refractivity contribution >= 4 is 0 Å². The highest BCUT2D eigenvalue weighted by Gasteiger charge is 2.13. The Labute approximate surface area is 104 Å². The van der Waals surface area contributed by atoms with Crippen LogP contribution in [0.25, 0.3) is 0 Å². The number of hydrogen-bond acceptors (Lipinski definition) is 0. The molecule has 0 saturated heterocycles. The van der Waals surface area contributed by atoms with Gasteiger partial charge in [-0.15, -0.1) is 0 Å². The Morgan fingerprint density at radius 3 is 1.62 bits per heavy atom. The van der Waals surface area contributed by atoms with Crippen LogP contribution in [0.3, 0.4) is 0 Å². The Morgan fingerprint density at radius 1 is 0.750 bits per heavy atom. The van der Waals surface area contributed by atoms with Crippen molar-refractivity contribution in [3.63, 3.8) is 0 Å². The number of hydrogen-bond donors (Lipinski definition) is 0. The first kappa shape index (κ1) is 16.0. The van der Waals surface area contributed by atoms with Crippen molar-refractivity contribution in [2.24, 2.45) is 5.41 Å². The standard InChI is InChI=1S/C16H33/c1-5-7-8-9-10-11-12-13-14-15-16(3,4)6-2/h2,5-15H2,1,3-4H3. The molecule has 0 aliphatic carbocycles. The SMILES string of the molecule is [CH2]CC(C)(C)CCCCCCCCCCC. The first-order chi connectivity index (χ1) is 7.62. The molecule has 1 radical (unpaired) electrons. The van der Waals surface area contributed by atoms with Crippen LogP contribution in [0.1, 0.15) is 91.4 Å². The second-order valence-corrected chi connectivity index (χ2v) is 5.99. The minimum Gasteiger partial charge on any atom is -0.0654 e. The molecule has 16 heavy (non-hydrogen) atoms. The lowest BCUT2D eigenvalue weighted by Gasteiger charge is -2.21. The van der Waals surface area contributed by atoms with Crippen LogP contribution in [0.2, 0.25) is 0 Å². The Kier molecular flexibility index (Phi) is 10.2. The zero-order valence-corrected chi connectivity index (χ0v) is 12.0. The second-order valence-electron chi connectivity index (χ2n) is 5.99. The number of rotatable bonds is 11. The van der Waals surface area contributed by atoms with Crippen LogP contribution >= 0.6 is 0 Å². The van der Waals surface area contributed by atoms with Crippen LogP contribution in [-0.4, -0.2) is 0 Å². The van der Waals surface area contributed by atoms with Crippen molar-refractivity contribution < 1.29 is 0 Å². The molecule has 0 fully saturated rings. The summed E-state index contributed by atoms with van der Waals surface area (Å²) in [6.07, 6.45) is 15.3. The van der Waals surface area contributed by atoms with Crippen LogP contribution in [-0.2, 0) is 0 Å². The summed E-state index contributed by atoms with van der Waals surface area (Å²) >= 11 is 0. The molecular formula is C16H33. The average Bonchev–Trinajstić information content (AvgIpc) is 2.27. The predicted molar refractivity (Wildman–Crippen MR) is 75.6 cm³/mol. The van der Waals surface area contributed by atoms with Gasteiger partial charge in [-0.2, -0.15) is 0 Å². The van der Waals surface area contributed by atoms with Gasteiger partial charge in [-0.25, -0.2) is 0 Å². The zero-order valence-electron chi connectivity index (χ0n) is 12.0. The van der Waals surface area contributed by atoms with Crippen molar-refractivity contribution in [2.45, 2.75) is 91.4 Å². The summed E-state index contributed by atoms with van der Waals surface area (Å²) in [5.74, 6) is 0. The summed E-state index contributed by atoms with van der Waals surface area (Å²) in [6, 6.07) is 0. The zero-order chi connectivity index (χ0) is 12.3. The van der Waals surface area contributed by atoms with Crippen molar-refractivity contribution in [3.8, 4) is 0 Å². The summed E-state index contributed by atoms with van der Waals surface area (Å²) in [4.78, 5) is 0. The van der Waals surface area contributed by atoms with Crippen LogP contribution < -0.4 is 0 Å². The lowest BCUT2D eigenvalue weighted by molar-refractivity contribution is 0.321. The topological polar surface area (TPSA) is 0 Å². The van der Waals surface area contributed by atoms with Gasteiger partial charge in [0.2, 0.25) is 0 Å². The van der Waals surface area contributed by atoms with Gasteiger partial charge in [-0.05, 0) is 18.3 Å². The van der Waals surface area contributed by atoms with Gasteiger partial charge in [0.15, 0.2) is 0 Å².